The van der Waals surface area contributed by atoms with Crippen LogP contribution in [0.1, 0.15) is 21.9 Å². The van der Waals surface area contributed by atoms with E-state index in [9.17, 15) is 0 Å². The van der Waals surface area contributed by atoms with Gasteiger partial charge in [-0.15, -0.1) is 11.8 Å². The molecule has 2 nitrogen and oxygen atoms in total. The molecule has 30 heavy (non-hydrogen) atoms. The van der Waals surface area contributed by atoms with Crippen LogP contribution in [0.2, 0.25) is 5.02 Å². The van der Waals surface area contributed by atoms with Crippen molar-refractivity contribution in [2.24, 2.45) is 0 Å². The lowest BCUT2D eigenvalue weighted by Gasteiger charge is -2.36. The smallest absolute Gasteiger partial charge is 0.0547 e. The number of aryl methyl sites for hydroxylation is 1. The zero-order chi connectivity index (χ0) is 20.8. The minimum Gasteiger partial charge on any atom is -0.369 e. The molecule has 4 rings (SSSR count). The van der Waals surface area contributed by atoms with Gasteiger partial charge in [0.15, 0.2) is 0 Å². The fraction of sp³-hybridized carbons (Fsp3) is 0.308. The molecule has 3 aromatic carbocycles. The van der Waals surface area contributed by atoms with Gasteiger partial charge in [0, 0.05) is 49.2 Å². The Morgan fingerprint density at radius 3 is 2.10 bits per heavy atom. The van der Waals surface area contributed by atoms with Crippen molar-refractivity contribution in [1.29, 1.82) is 0 Å². The van der Waals surface area contributed by atoms with Crippen molar-refractivity contribution in [2.45, 2.75) is 12.2 Å². The van der Waals surface area contributed by atoms with Gasteiger partial charge < -0.3 is 4.90 Å². The Balaban J connectivity index is 1.31. The predicted octanol–water partition coefficient (Wildman–Crippen LogP) is 6.29. The van der Waals surface area contributed by atoms with Crippen LogP contribution in [-0.4, -0.2) is 43.4 Å². The van der Waals surface area contributed by atoms with E-state index in [-0.39, 0.29) is 0 Å². The number of anilines is 1. The summed E-state index contributed by atoms with van der Waals surface area (Å²) >= 11 is 8.14. The third-order valence-corrected chi connectivity index (χ3v) is 7.29. The SMILES string of the molecule is Cc1ccc(N2CCN(CCSC(c3ccccc3)c3ccc(Cl)cc3)CC2)cc1. The van der Waals surface area contributed by atoms with Crippen LogP contribution < -0.4 is 4.90 Å². The number of hydrogen-bond donors (Lipinski definition) is 0. The molecule has 3 aromatic rings. The molecule has 156 valence electrons. The molecule has 0 spiro atoms. The van der Waals surface area contributed by atoms with Crippen LogP contribution in [0.5, 0.6) is 0 Å². The first-order chi connectivity index (χ1) is 14.7. The van der Waals surface area contributed by atoms with Gasteiger partial charge in [-0.3, -0.25) is 4.90 Å². The second-order valence-corrected chi connectivity index (χ2v) is 9.53. The normalized spacial score (nSPS) is 15.9. The second-order valence-electron chi connectivity index (χ2n) is 7.88. The second kappa shape index (κ2) is 10.4. The van der Waals surface area contributed by atoms with Crippen molar-refractivity contribution < 1.29 is 0 Å². The topological polar surface area (TPSA) is 6.48 Å². The molecule has 1 aliphatic rings. The first-order valence-corrected chi connectivity index (χ1v) is 12.1. The number of piperazine rings is 1. The highest BCUT2D eigenvalue weighted by atomic mass is 35.5. The first kappa shape index (κ1) is 21.3. The van der Waals surface area contributed by atoms with Gasteiger partial charge in [0.25, 0.3) is 0 Å². The number of thioether (sulfide) groups is 1. The zero-order valence-corrected chi connectivity index (χ0v) is 19.1. The summed E-state index contributed by atoms with van der Waals surface area (Å²) in [6.07, 6.45) is 0. The molecule has 0 bridgehead atoms. The molecule has 4 heteroatoms. The van der Waals surface area contributed by atoms with Gasteiger partial charge in [0.1, 0.15) is 0 Å². The van der Waals surface area contributed by atoms with E-state index in [4.69, 9.17) is 11.6 Å². The molecule has 0 amide bonds. The molecule has 1 heterocycles. The molecule has 0 aromatic heterocycles. The number of rotatable bonds is 7. The van der Waals surface area contributed by atoms with Crippen LogP contribution in [0.3, 0.4) is 0 Å². The zero-order valence-electron chi connectivity index (χ0n) is 17.5. The molecular weight excluding hydrogens is 408 g/mol. The molecule has 0 radical (unpaired) electrons. The average Bonchev–Trinajstić information content (AvgIpc) is 2.79. The maximum atomic E-state index is 6.11. The van der Waals surface area contributed by atoms with Crippen LogP contribution in [0.4, 0.5) is 5.69 Å². The Hall–Kier alpha value is -1.94. The summed E-state index contributed by atoms with van der Waals surface area (Å²) in [5.74, 6) is 1.12. The van der Waals surface area contributed by atoms with E-state index >= 15 is 0 Å². The molecule has 0 aliphatic carbocycles. The number of benzene rings is 3. The quantitative estimate of drug-likeness (QED) is 0.429. The summed E-state index contributed by atoms with van der Waals surface area (Å²) in [5, 5.41) is 1.14. The highest BCUT2D eigenvalue weighted by molar-refractivity contribution is 7.99. The molecule has 1 atom stereocenters. The largest absolute Gasteiger partial charge is 0.369 e. The molecule has 1 aliphatic heterocycles. The van der Waals surface area contributed by atoms with Crippen molar-refractivity contribution in [3.05, 3.63) is 101 Å². The fourth-order valence-electron chi connectivity index (χ4n) is 3.94. The third-order valence-electron chi connectivity index (χ3n) is 5.74. The molecule has 1 saturated heterocycles. The van der Waals surface area contributed by atoms with Gasteiger partial charge in [-0.25, -0.2) is 0 Å². The summed E-state index contributed by atoms with van der Waals surface area (Å²) in [6.45, 7) is 7.74. The molecule has 1 unspecified atom stereocenters. The van der Waals surface area contributed by atoms with Gasteiger partial charge in [0.2, 0.25) is 0 Å². The Kier molecular flexibility index (Phi) is 7.37. The molecule has 0 N–H and O–H groups in total. The summed E-state index contributed by atoms with van der Waals surface area (Å²) in [6, 6.07) is 28.0. The maximum Gasteiger partial charge on any atom is 0.0547 e. The molecular formula is C26H29ClN2S. The summed E-state index contributed by atoms with van der Waals surface area (Å²) in [4.78, 5) is 5.10. The van der Waals surface area contributed by atoms with E-state index in [1.807, 2.05) is 23.9 Å². The lowest BCUT2D eigenvalue weighted by molar-refractivity contribution is 0.273. The van der Waals surface area contributed by atoms with Gasteiger partial charge in [0.05, 0.1) is 5.25 Å². The van der Waals surface area contributed by atoms with Crippen molar-refractivity contribution in [3.8, 4) is 0 Å². The van der Waals surface area contributed by atoms with Crippen LogP contribution in [0.15, 0.2) is 78.9 Å². The predicted molar refractivity (Wildman–Crippen MR) is 132 cm³/mol. The Morgan fingerprint density at radius 2 is 1.43 bits per heavy atom. The van der Waals surface area contributed by atoms with E-state index in [1.165, 1.54) is 22.4 Å². The summed E-state index contributed by atoms with van der Waals surface area (Å²) in [5.41, 5.74) is 5.35. The number of hydrogen-bond acceptors (Lipinski definition) is 3. The first-order valence-electron chi connectivity index (χ1n) is 10.6. The lowest BCUT2D eigenvalue weighted by Crippen LogP contribution is -2.47. The van der Waals surface area contributed by atoms with E-state index in [2.05, 4.69) is 83.5 Å². The van der Waals surface area contributed by atoms with E-state index in [1.54, 1.807) is 0 Å². The van der Waals surface area contributed by atoms with Crippen molar-refractivity contribution >= 4 is 29.1 Å². The molecule has 1 fully saturated rings. The van der Waals surface area contributed by atoms with E-state index in [0.29, 0.717) is 5.25 Å². The Morgan fingerprint density at radius 1 is 0.800 bits per heavy atom. The minimum absolute atomic E-state index is 0.345. The highest BCUT2D eigenvalue weighted by Crippen LogP contribution is 2.36. The fourth-order valence-corrected chi connectivity index (χ4v) is 5.36. The van der Waals surface area contributed by atoms with Crippen LogP contribution in [0, 0.1) is 6.92 Å². The lowest BCUT2D eigenvalue weighted by atomic mass is 10.0. The van der Waals surface area contributed by atoms with E-state index < -0.39 is 0 Å². The monoisotopic (exact) mass is 436 g/mol. The van der Waals surface area contributed by atoms with Crippen LogP contribution in [0.25, 0.3) is 0 Å². The maximum absolute atomic E-state index is 6.11. The van der Waals surface area contributed by atoms with Gasteiger partial charge in [-0.2, -0.15) is 0 Å². The minimum atomic E-state index is 0.345. The van der Waals surface area contributed by atoms with Gasteiger partial charge >= 0.3 is 0 Å². The Labute approximate surface area is 189 Å². The standard InChI is InChI=1S/C26H29ClN2S/c1-21-7-13-25(14-8-21)29-17-15-28(16-18-29)19-20-30-26(22-5-3-2-4-6-22)23-9-11-24(27)12-10-23/h2-14,26H,15-20H2,1H3. The Bertz CT molecular complexity index is 904. The molecule has 0 saturated carbocycles. The average molecular weight is 437 g/mol. The van der Waals surface area contributed by atoms with Crippen LogP contribution >= 0.6 is 23.4 Å². The van der Waals surface area contributed by atoms with E-state index in [0.717, 1.165) is 43.5 Å². The summed E-state index contributed by atoms with van der Waals surface area (Å²) < 4.78 is 0. The van der Waals surface area contributed by atoms with Crippen molar-refractivity contribution in [3.63, 3.8) is 0 Å². The van der Waals surface area contributed by atoms with Crippen molar-refractivity contribution in [2.75, 3.05) is 43.4 Å². The van der Waals surface area contributed by atoms with Crippen LogP contribution in [-0.2, 0) is 0 Å². The van der Waals surface area contributed by atoms with Crippen molar-refractivity contribution in [1.82, 2.24) is 4.90 Å². The number of nitrogens with zero attached hydrogens (tertiary/aromatic N) is 2. The highest BCUT2D eigenvalue weighted by Gasteiger charge is 2.19. The summed E-state index contributed by atoms with van der Waals surface area (Å²) in [7, 11) is 0. The van der Waals surface area contributed by atoms with Gasteiger partial charge in [-0.1, -0.05) is 71.8 Å². The number of halogens is 1. The third kappa shape index (κ3) is 5.60. The van der Waals surface area contributed by atoms with Gasteiger partial charge in [-0.05, 0) is 42.3 Å².